The minimum Gasteiger partial charge on any atom is -0.454 e. The zero-order chi connectivity index (χ0) is 17.4. The number of benzene rings is 2. The van der Waals surface area contributed by atoms with Gasteiger partial charge in [-0.1, -0.05) is 11.2 Å². The molecule has 1 N–H and O–H groups in total. The van der Waals surface area contributed by atoms with E-state index in [2.05, 4.69) is 15.5 Å². The van der Waals surface area contributed by atoms with Crippen LogP contribution in [-0.4, -0.2) is 22.9 Å². The molecular weight excluding hydrogens is 322 g/mol. The van der Waals surface area contributed by atoms with Gasteiger partial charge in [0.15, 0.2) is 11.5 Å². The molecule has 0 saturated carbocycles. The summed E-state index contributed by atoms with van der Waals surface area (Å²) in [6.07, 6.45) is 0. The Morgan fingerprint density at radius 1 is 1.00 bits per heavy atom. The lowest BCUT2D eigenvalue weighted by Crippen LogP contribution is -2.12. The summed E-state index contributed by atoms with van der Waals surface area (Å²) in [5.41, 5.74) is 3.38. The Morgan fingerprint density at radius 2 is 1.84 bits per heavy atom. The Balaban J connectivity index is 1.53. The van der Waals surface area contributed by atoms with Crippen LogP contribution in [-0.2, 0) is 0 Å². The summed E-state index contributed by atoms with van der Waals surface area (Å²) in [5.74, 6) is 1.28. The molecule has 4 rings (SSSR count). The average molecular weight is 337 g/mol. The van der Waals surface area contributed by atoms with E-state index in [-0.39, 0.29) is 24.6 Å². The third-order valence-electron chi connectivity index (χ3n) is 4.03. The Kier molecular flexibility index (Phi) is 3.61. The van der Waals surface area contributed by atoms with Crippen LogP contribution in [0.25, 0.3) is 11.5 Å². The first-order valence-electron chi connectivity index (χ1n) is 7.72. The first-order chi connectivity index (χ1) is 12.1. The van der Waals surface area contributed by atoms with Gasteiger partial charge in [0, 0.05) is 11.1 Å². The molecule has 25 heavy (non-hydrogen) atoms. The molecular formula is C18H15N3O4. The fraction of sp³-hybridized carbons (Fsp3) is 0.167. The van der Waals surface area contributed by atoms with Crippen molar-refractivity contribution in [3.05, 3.63) is 53.1 Å². The summed E-state index contributed by atoms with van der Waals surface area (Å²) in [5, 5.41) is 10.4. The Morgan fingerprint density at radius 3 is 2.68 bits per heavy atom. The largest absolute Gasteiger partial charge is 0.454 e. The van der Waals surface area contributed by atoms with Gasteiger partial charge in [-0.2, -0.15) is 0 Å². The van der Waals surface area contributed by atoms with E-state index in [1.54, 1.807) is 24.3 Å². The molecule has 3 aromatic rings. The molecule has 0 radical (unpaired) electrons. The first-order valence-corrected chi connectivity index (χ1v) is 7.72. The average Bonchev–Trinajstić information content (AvgIpc) is 3.25. The van der Waals surface area contributed by atoms with Crippen molar-refractivity contribution in [1.29, 1.82) is 0 Å². The Labute approximate surface area is 143 Å². The van der Waals surface area contributed by atoms with Gasteiger partial charge in [-0.3, -0.25) is 10.1 Å². The molecule has 2 heterocycles. The standard InChI is InChI=1S/C18H15N3O4/c1-10-3-4-12(7-11(10)2)16(22)19-18-21-20-17(25-18)13-5-6-14-15(8-13)24-9-23-14/h3-8H,9H2,1-2H3,(H,19,21,22). The van der Waals surface area contributed by atoms with E-state index in [1.807, 2.05) is 26.0 Å². The molecule has 0 atom stereocenters. The molecule has 0 spiro atoms. The number of amides is 1. The van der Waals surface area contributed by atoms with Crippen LogP contribution in [0.3, 0.4) is 0 Å². The van der Waals surface area contributed by atoms with Crippen molar-refractivity contribution in [2.45, 2.75) is 13.8 Å². The molecule has 0 unspecified atom stereocenters. The van der Waals surface area contributed by atoms with Gasteiger partial charge in [0.1, 0.15) is 0 Å². The summed E-state index contributed by atoms with van der Waals surface area (Å²) in [6.45, 7) is 4.14. The highest BCUT2D eigenvalue weighted by molar-refractivity contribution is 6.03. The van der Waals surface area contributed by atoms with E-state index in [0.29, 0.717) is 22.6 Å². The van der Waals surface area contributed by atoms with Crippen molar-refractivity contribution in [2.24, 2.45) is 0 Å². The highest BCUT2D eigenvalue weighted by atomic mass is 16.7. The SMILES string of the molecule is Cc1ccc(C(=O)Nc2nnc(-c3ccc4c(c3)OCO4)o2)cc1C. The van der Waals surface area contributed by atoms with Crippen LogP contribution >= 0.6 is 0 Å². The van der Waals surface area contributed by atoms with Crippen LogP contribution in [0, 0.1) is 13.8 Å². The lowest BCUT2D eigenvalue weighted by Gasteiger charge is -2.04. The molecule has 2 aromatic carbocycles. The molecule has 0 fully saturated rings. The van der Waals surface area contributed by atoms with E-state index in [9.17, 15) is 4.79 Å². The topological polar surface area (TPSA) is 86.5 Å². The molecule has 0 aliphatic carbocycles. The maximum absolute atomic E-state index is 12.3. The van der Waals surface area contributed by atoms with E-state index in [4.69, 9.17) is 13.9 Å². The Bertz CT molecular complexity index is 965. The second-order valence-electron chi connectivity index (χ2n) is 5.73. The number of carbonyl (C=O) groups is 1. The summed E-state index contributed by atoms with van der Waals surface area (Å²) in [7, 11) is 0. The summed E-state index contributed by atoms with van der Waals surface area (Å²) in [6, 6.07) is 10.8. The van der Waals surface area contributed by atoms with E-state index in [1.165, 1.54) is 0 Å². The fourth-order valence-electron chi connectivity index (χ4n) is 2.47. The third kappa shape index (κ3) is 2.91. The van der Waals surface area contributed by atoms with Crippen LogP contribution in [0.15, 0.2) is 40.8 Å². The number of hydrogen-bond donors (Lipinski definition) is 1. The second-order valence-corrected chi connectivity index (χ2v) is 5.73. The second kappa shape index (κ2) is 5.94. The van der Waals surface area contributed by atoms with Crippen LogP contribution in [0.2, 0.25) is 0 Å². The molecule has 0 saturated heterocycles. The van der Waals surface area contributed by atoms with Gasteiger partial charge in [0.2, 0.25) is 12.7 Å². The van der Waals surface area contributed by atoms with Crippen LogP contribution in [0.1, 0.15) is 21.5 Å². The number of hydrogen-bond acceptors (Lipinski definition) is 6. The van der Waals surface area contributed by atoms with E-state index < -0.39 is 0 Å². The quantitative estimate of drug-likeness (QED) is 0.789. The van der Waals surface area contributed by atoms with E-state index >= 15 is 0 Å². The number of nitrogens with one attached hydrogen (secondary N) is 1. The van der Waals surface area contributed by atoms with Gasteiger partial charge in [0.25, 0.3) is 5.91 Å². The Hall–Kier alpha value is -3.35. The monoisotopic (exact) mass is 337 g/mol. The number of aromatic nitrogens is 2. The van der Waals surface area contributed by atoms with Crippen molar-refractivity contribution in [1.82, 2.24) is 10.2 Å². The van der Waals surface area contributed by atoms with Crippen molar-refractivity contribution in [3.8, 4) is 23.0 Å². The highest BCUT2D eigenvalue weighted by Gasteiger charge is 2.17. The predicted molar refractivity (Wildman–Crippen MR) is 89.7 cm³/mol. The number of anilines is 1. The lowest BCUT2D eigenvalue weighted by molar-refractivity contribution is 0.102. The number of ether oxygens (including phenoxy) is 2. The summed E-state index contributed by atoms with van der Waals surface area (Å²) >= 11 is 0. The van der Waals surface area contributed by atoms with Crippen molar-refractivity contribution in [3.63, 3.8) is 0 Å². The lowest BCUT2D eigenvalue weighted by atomic mass is 10.1. The van der Waals surface area contributed by atoms with Crippen molar-refractivity contribution >= 4 is 11.9 Å². The fourth-order valence-corrected chi connectivity index (χ4v) is 2.47. The molecule has 1 aromatic heterocycles. The third-order valence-corrected chi connectivity index (χ3v) is 4.03. The molecule has 1 aliphatic rings. The number of aryl methyl sites for hydroxylation is 2. The maximum atomic E-state index is 12.3. The normalized spacial score (nSPS) is 12.2. The minimum absolute atomic E-state index is 0.0379. The molecule has 0 bridgehead atoms. The first kappa shape index (κ1) is 15.2. The van der Waals surface area contributed by atoms with Gasteiger partial charge >= 0.3 is 6.01 Å². The summed E-state index contributed by atoms with van der Waals surface area (Å²) < 4.78 is 16.1. The maximum Gasteiger partial charge on any atom is 0.322 e. The molecule has 1 aliphatic heterocycles. The van der Waals surface area contributed by atoms with Crippen molar-refractivity contribution in [2.75, 3.05) is 12.1 Å². The smallest absolute Gasteiger partial charge is 0.322 e. The predicted octanol–water partition coefficient (Wildman–Crippen LogP) is 3.33. The number of carbonyl (C=O) groups excluding carboxylic acids is 1. The van der Waals surface area contributed by atoms with Crippen molar-refractivity contribution < 1.29 is 18.7 Å². The molecule has 1 amide bonds. The number of nitrogens with zero attached hydrogens (tertiary/aromatic N) is 2. The van der Waals surface area contributed by atoms with Gasteiger partial charge in [-0.25, -0.2) is 0 Å². The molecule has 7 nitrogen and oxygen atoms in total. The molecule has 7 heteroatoms. The zero-order valence-corrected chi connectivity index (χ0v) is 13.7. The van der Waals surface area contributed by atoms with Crippen LogP contribution in [0.5, 0.6) is 11.5 Å². The van der Waals surface area contributed by atoms with Gasteiger partial charge in [0.05, 0.1) is 0 Å². The summed E-state index contributed by atoms with van der Waals surface area (Å²) in [4.78, 5) is 12.3. The number of fused-ring (bicyclic) bond motifs is 1. The van der Waals surface area contributed by atoms with Crippen LogP contribution in [0.4, 0.5) is 6.01 Å². The van der Waals surface area contributed by atoms with Gasteiger partial charge < -0.3 is 13.9 Å². The van der Waals surface area contributed by atoms with Crippen LogP contribution < -0.4 is 14.8 Å². The van der Waals surface area contributed by atoms with Gasteiger partial charge in [-0.15, -0.1) is 5.10 Å². The highest BCUT2D eigenvalue weighted by Crippen LogP contribution is 2.35. The van der Waals surface area contributed by atoms with E-state index in [0.717, 1.165) is 11.1 Å². The zero-order valence-electron chi connectivity index (χ0n) is 13.7. The minimum atomic E-state index is -0.302. The molecule has 126 valence electrons. The van der Waals surface area contributed by atoms with Gasteiger partial charge in [-0.05, 0) is 55.3 Å². The number of rotatable bonds is 3.